The van der Waals surface area contributed by atoms with E-state index in [1.807, 2.05) is 26.0 Å². The van der Waals surface area contributed by atoms with Gasteiger partial charge in [0.15, 0.2) is 0 Å². The number of aliphatic hydroxyl groups excluding tert-OH is 1. The van der Waals surface area contributed by atoms with Crippen molar-refractivity contribution in [1.82, 2.24) is 10.2 Å². The Morgan fingerprint density at radius 1 is 1.26 bits per heavy atom. The molecule has 1 heterocycles. The first-order valence-corrected chi connectivity index (χ1v) is 9.42. The number of carbonyl (C=O) groups excluding carboxylic acids is 2. The minimum Gasteiger partial charge on any atom is -0.388 e. The first-order chi connectivity index (χ1) is 12.3. The molecule has 1 fully saturated rings. The second kappa shape index (κ2) is 10.9. The van der Waals surface area contributed by atoms with Gasteiger partial charge in [0, 0.05) is 18.1 Å². The van der Waals surface area contributed by atoms with E-state index >= 15 is 0 Å². The summed E-state index contributed by atoms with van der Waals surface area (Å²) in [4.78, 5) is 25.8. The van der Waals surface area contributed by atoms with Gasteiger partial charge in [0.1, 0.15) is 0 Å². The fourth-order valence-corrected chi connectivity index (χ4v) is 3.22. The molecule has 1 unspecified atom stereocenters. The SMILES string of the molecule is CC(C)[C@H](N)C(=O)NCC(=O)N1CCC(C(O)c2ccc(Cl)cc2)CC1.Cl. The van der Waals surface area contributed by atoms with Gasteiger partial charge in [-0.2, -0.15) is 0 Å². The third-order valence-electron chi connectivity index (χ3n) is 4.99. The van der Waals surface area contributed by atoms with Crippen LogP contribution in [0.15, 0.2) is 24.3 Å². The van der Waals surface area contributed by atoms with Crippen LogP contribution in [0, 0.1) is 11.8 Å². The molecule has 1 aliphatic heterocycles. The number of amides is 2. The summed E-state index contributed by atoms with van der Waals surface area (Å²) in [6.45, 7) is 4.83. The van der Waals surface area contributed by atoms with E-state index in [4.69, 9.17) is 17.3 Å². The number of hydrogen-bond donors (Lipinski definition) is 3. The molecule has 0 bridgehead atoms. The lowest BCUT2D eigenvalue weighted by Crippen LogP contribution is -2.49. The average molecular weight is 418 g/mol. The summed E-state index contributed by atoms with van der Waals surface area (Å²) in [6, 6.07) is 6.59. The van der Waals surface area contributed by atoms with Crippen LogP contribution in [-0.4, -0.2) is 47.5 Å². The van der Waals surface area contributed by atoms with E-state index in [-0.39, 0.29) is 42.6 Å². The molecule has 1 saturated heterocycles. The summed E-state index contributed by atoms with van der Waals surface area (Å²) < 4.78 is 0. The van der Waals surface area contributed by atoms with Crippen LogP contribution in [0.4, 0.5) is 0 Å². The van der Waals surface area contributed by atoms with E-state index in [1.165, 1.54) is 0 Å². The summed E-state index contributed by atoms with van der Waals surface area (Å²) in [5.74, 6) is -0.297. The zero-order valence-corrected chi connectivity index (χ0v) is 17.3. The number of halogens is 2. The number of carbonyl (C=O) groups is 2. The van der Waals surface area contributed by atoms with Crippen LogP contribution in [0.25, 0.3) is 0 Å². The van der Waals surface area contributed by atoms with Gasteiger partial charge in [-0.25, -0.2) is 0 Å². The second-order valence-electron chi connectivity index (χ2n) is 7.20. The maximum Gasteiger partial charge on any atom is 0.241 e. The van der Waals surface area contributed by atoms with Crippen molar-refractivity contribution >= 4 is 35.8 Å². The van der Waals surface area contributed by atoms with Gasteiger partial charge in [-0.1, -0.05) is 37.6 Å². The lowest BCUT2D eigenvalue weighted by Gasteiger charge is -2.34. The first kappa shape index (κ1) is 23.7. The molecular formula is C19H29Cl2N3O3. The molecule has 0 radical (unpaired) electrons. The van der Waals surface area contributed by atoms with Gasteiger partial charge in [-0.15, -0.1) is 12.4 Å². The number of nitrogens with two attached hydrogens (primary N) is 1. The van der Waals surface area contributed by atoms with Crippen LogP contribution in [0.3, 0.4) is 0 Å². The van der Waals surface area contributed by atoms with Crippen LogP contribution < -0.4 is 11.1 Å². The molecule has 1 aromatic carbocycles. The molecule has 8 heteroatoms. The molecule has 1 aliphatic rings. The summed E-state index contributed by atoms with van der Waals surface area (Å²) in [7, 11) is 0. The Kier molecular flexibility index (Phi) is 9.53. The lowest BCUT2D eigenvalue weighted by atomic mass is 9.87. The van der Waals surface area contributed by atoms with E-state index in [0.29, 0.717) is 18.1 Å². The predicted octanol–water partition coefficient (Wildman–Crippen LogP) is 2.13. The number of piperidine rings is 1. The van der Waals surface area contributed by atoms with Crippen molar-refractivity contribution in [3.63, 3.8) is 0 Å². The normalized spacial score (nSPS) is 17.2. The number of rotatable bonds is 6. The Balaban J connectivity index is 0.00000364. The third-order valence-corrected chi connectivity index (χ3v) is 5.24. The highest BCUT2D eigenvalue weighted by Gasteiger charge is 2.28. The number of benzene rings is 1. The number of hydrogen-bond acceptors (Lipinski definition) is 4. The molecule has 6 nitrogen and oxygen atoms in total. The quantitative estimate of drug-likeness (QED) is 0.660. The average Bonchev–Trinajstić information content (AvgIpc) is 2.65. The van der Waals surface area contributed by atoms with Gasteiger partial charge >= 0.3 is 0 Å². The third kappa shape index (κ3) is 6.64. The molecule has 0 aliphatic carbocycles. The van der Waals surface area contributed by atoms with E-state index in [2.05, 4.69) is 5.32 Å². The Morgan fingerprint density at radius 3 is 2.33 bits per heavy atom. The van der Waals surface area contributed by atoms with Gasteiger partial charge in [0.2, 0.25) is 11.8 Å². The van der Waals surface area contributed by atoms with Crippen LogP contribution in [0.1, 0.15) is 38.4 Å². The van der Waals surface area contributed by atoms with E-state index < -0.39 is 12.1 Å². The molecule has 2 rings (SSSR count). The zero-order valence-electron chi connectivity index (χ0n) is 15.7. The van der Waals surface area contributed by atoms with Gasteiger partial charge in [0.05, 0.1) is 18.7 Å². The molecule has 4 N–H and O–H groups in total. The zero-order chi connectivity index (χ0) is 19.3. The lowest BCUT2D eigenvalue weighted by molar-refractivity contribution is -0.135. The highest BCUT2D eigenvalue weighted by Crippen LogP contribution is 2.31. The standard InChI is InChI=1S/C19H28ClN3O3.ClH/c1-12(2)17(21)19(26)22-11-16(24)23-9-7-14(8-10-23)18(25)13-3-5-15(20)6-4-13;/h3-6,12,14,17-18,25H,7-11,21H2,1-2H3,(H,22,26);1H/t17-,18?;/m0./s1. The topological polar surface area (TPSA) is 95.7 Å². The maximum atomic E-state index is 12.3. The molecule has 27 heavy (non-hydrogen) atoms. The maximum absolute atomic E-state index is 12.3. The van der Waals surface area contributed by atoms with Crippen LogP contribution in [0.2, 0.25) is 5.02 Å². The first-order valence-electron chi connectivity index (χ1n) is 9.04. The number of aliphatic hydroxyl groups is 1. The van der Waals surface area contributed by atoms with Crippen LogP contribution >= 0.6 is 24.0 Å². The van der Waals surface area contributed by atoms with Crippen molar-refractivity contribution in [3.8, 4) is 0 Å². The minimum atomic E-state index is -0.608. The minimum absolute atomic E-state index is 0. The van der Waals surface area contributed by atoms with Crippen molar-refractivity contribution in [2.24, 2.45) is 17.6 Å². The van der Waals surface area contributed by atoms with Crippen LogP contribution in [-0.2, 0) is 9.59 Å². The molecular weight excluding hydrogens is 389 g/mol. The Morgan fingerprint density at radius 2 is 1.81 bits per heavy atom. The number of likely N-dealkylation sites (tertiary alicyclic amines) is 1. The summed E-state index contributed by atoms with van der Waals surface area (Å²) in [5, 5.41) is 13.8. The Labute approximate surface area is 171 Å². The Hall–Kier alpha value is -1.34. The van der Waals surface area contributed by atoms with Crippen molar-refractivity contribution < 1.29 is 14.7 Å². The molecule has 0 spiro atoms. The van der Waals surface area contributed by atoms with Crippen molar-refractivity contribution in [3.05, 3.63) is 34.9 Å². The predicted molar refractivity (Wildman–Crippen MR) is 109 cm³/mol. The Bertz CT molecular complexity index is 617. The summed E-state index contributed by atoms with van der Waals surface area (Å²) in [5.41, 5.74) is 6.61. The fourth-order valence-electron chi connectivity index (χ4n) is 3.09. The molecule has 0 saturated carbocycles. The van der Waals surface area contributed by atoms with E-state index in [1.54, 1.807) is 17.0 Å². The molecule has 152 valence electrons. The highest BCUT2D eigenvalue weighted by atomic mass is 35.5. The smallest absolute Gasteiger partial charge is 0.241 e. The molecule has 0 aromatic heterocycles. The largest absolute Gasteiger partial charge is 0.388 e. The molecule has 2 amide bonds. The second-order valence-corrected chi connectivity index (χ2v) is 7.64. The highest BCUT2D eigenvalue weighted by molar-refractivity contribution is 6.30. The van der Waals surface area contributed by atoms with Gasteiger partial charge < -0.3 is 21.1 Å². The number of nitrogens with zero attached hydrogens (tertiary/aromatic N) is 1. The van der Waals surface area contributed by atoms with Crippen LogP contribution in [0.5, 0.6) is 0 Å². The number of nitrogens with one attached hydrogen (secondary N) is 1. The van der Waals surface area contributed by atoms with Gasteiger partial charge in [-0.3, -0.25) is 9.59 Å². The van der Waals surface area contributed by atoms with Crippen molar-refractivity contribution in [2.45, 2.75) is 38.8 Å². The molecule has 2 atom stereocenters. The van der Waals surface area contributed by atoms with Gasteiger partial charge in [0.25, 0.3) is 0 Å². The fraction of sp³-hybridized carbons (Fsp3) is 0.579. The van der Waals surface area contributed by atoms with Crippen molar-refractivity contribution in [1.29, 1.82) is 0 Å². The monoisotopic (exact) mass is 417 g/mol. The molecule has 1 aromatic rings. The van der Waals surface area contributed by atoms with E-state index in [0.717, 1.165) is 18.4 Å². The van der Waals surface area contributed by atoms with Gasteiger partial charge in [-0.05, 0) is 42.4 Å². The summed E-state index contributed by atoms with van der Waals surface area (Å²) >= 11 is 5.88. The van der Waals surface area contributed by atoms with E-state index in [9.17, 15) is 14.7 Å². The summed E-state index contributed by atoms with van der Waals surface area (Å²) in [6.07, 6.45) is 0.873. The van der Waals surface area contributed by atoms with Crippen molar-refractivity contribution in [2.75, 3.05) is 19.6 Å².